The number of aromatic nitrogens is 3. The van der Waals surface area contributed by atoms with Crippen LogP contribution in [0.2, 0.25) is 0 Å². The van der Waals surface area contributed by atoms with E-state index in [-0.39, 0.29) is 49.0 Å². The number of hydrogen-bond acceptors (Lipinski definition) is 5. The Morgan fingerprint density at radius 2 is 2.07 bits per heavy atom. The van der Waals surface area contributed by atoms with E-state index in [2.05, 4.69) is 20.9 Å². The predicted molar refractivity (Wildman–Crippen MR) is 97.3 cm³/mol. The van der Waals surface area contributed by atoms with Crippen LogP contribution in [-0.4, -0.2) is 47.1 Å². The molecule has 2 heterocycles. The fourth-order valence-corrected chi connectivity index (χ4v) is 2.93. The van der Waals surface area contributed by atoms with Gasteiger partial charge in [0.15, 0.2) is 17.3 Å². The van der Waals surface area contributed by atoms with E-state index < -0.39 is 11.6 Å². The molecule has 0 atom stereocenters. The first-order chi connectivity index (χ1) is 12.6. The van der Waals surface area contributed by atoms with Gasteiger partial charge in [-0.25, -0.2) is 13.5 Å². The molecule has 1 aliphatic rings. The number of carbonyl (C=O) groups is 1. The number of piperidine rings is 1. The highest BCUT2D eigenvalue weighted by Crippen LogP contribution is 2.20. The molecule has 0 radical (unpaired) electrons. The summed E-state index contributed by atoms with van der Waals surface area (Å²) in [5.41, 5.74) is 1.02. The van der Waals surface area contributed by atoms with Crippen LogP contribution in [0, 0.1) is 18.6 Å². The molecule has 1 aromatic heterocycles. The van der Waals surface area contributed by atoms with Crippen LogP contribution in [0.15, 0.2) is 18.2 Å². The first-order valence-corrected chi connectivity index (χ1v) is 8.55. The highest BCUT2D eigenvalue weighted by Gasteiger charge is 2.22. The van der Waals surface area contributed by atoms with Crippen molar-refractivity contribution in [1.82, 2.24) is 25.6 Å². The van der Waals surface area contributed by atoms with Crippen molar-refractivity contribution < 1.29 is 18.3 Å². The molecule has 1 aliphatic heterocycles. The second-order valence-electron chi connectivity index (χ2n) is 6.13. The average Bonchev–Trinajstić information content (AvgIpc) is 3.04. The lowest BCUT2D eigenvalue weighted by molar-refractivity contribution is 0.0941. The van der Waals surface area contributed by atoms with Crippen LogP contribution >= 0.6 is 12.4 Å². The van der Waals surface area contributed by atoms with Crippen LogP contribution in [0.4, 0.5) is 8.78 Å². The highest BCUT2D eigenvalue weighted by atomic mass is 35.5. The molecule has 2 aromatic rings. The minimum atomic E-state index is -0.975. The lowest BCUT2D eigenvalue weighted by Gasteiger charge is -2.23. The Kier molecular flexibility index (Phi) is 7.49. The number of rotatable bonds is 6. The molecule has 1 saturated heterocycles. The smallest absolute Gasteiger partial charge is 0.273 e. The Labute approximate surface area is 161 Å². The molecule has 0 spiro atoms. The Morgan fingerprint density at radius 3 is 2.78 bits per heavy atom. The van der Waals surface area contributed by atoms with Crippen molar-refractivity contribution in [3.05, 3.63) is 41.2 Å². The molecular weight excluding hydrogens is 380 g/mol. The molecule has 0 saturated carbocycles. The molecule has 7 nitrogen and oxygen atoms in total. The summed E-state index contributed by atoms with van der Waals surface area (Å²) in [7, 11) is 0. The fourth-order valence-electron chi connectivity index (χ4n) is 2.93. The van der Waals surface area contributed by atoms with Gasteiger partial charge in [-0.15, -0.1) is 17.5 Å². The van der Waals surface area contributed by atoms with Gasteiger partial charge >= 0.3 is 0 Å². The molecule has 1 fully saturated rings. The van der Waals surface area contributed by atoms with Gasteiger partial charge in [-0.05, 0) is 45.0 Å². The topological polar surface area (TPSA) is 81.1 Å². The minimum Gasteiger partial charge on any atom is -0.492 e. The zero-order chi connectivity index (χ0) is 18.5. The molecule has 1 aromatic carbocycles. The van der Waals surface area contributed by atoms with E-state index in [1.54, 1.807) is 0 Å². The molecule has 2 N–H and O–H groups in total. The second kappa shape index (κ2) is 9.61. The van der Waals surface area contributed by atoms with Gasteiger partial charge in [-0.3, -0.25) is 4.79 Å². The maximum absolute atomic E-state index is 13.1. The third-order valence-corrected chi connectivity index (χ3v) is 4.34. The Morgan fingerprint density at radius 1 is 1.33 bits per heavy atom. The summed E-state index contributed by atoms with van der Waals surface area (Å²) < 4.78 is 33.0. The van der Waals surface area contributed by atoms with E-state index >= 15 is 0 Å². The third kappa shape index (κ3) is 5.14. The van der Waals surface area contributed by atoms with Gasteiger partial charge in [0, 0.05) is 6.07 Å². The number of nitrogens with zero attached hydrogens (tertiary/aromatic N) is 3. The molecule has 10 heteroatoms. The van der Waals surface area contributed by atoms with Crippen molar-refractivity contribution in [3.8, 4) is 5.75 Å². The minimum absolute atomic E-state index is 0. The number of amides is 1. The molecule has 148 valence electrons. The molecular formula is C17H22ClF2N5O2. The molecule has 1 amide bonds. The Hall–Kier alpha value is -2.26. The van der Waals surface area contributed by atoms with Gasteiger partial charge in [0.05, 0.1) is 18.3 Å². The summed E-state index contributed by atoms with van der Waals surface area (Å²) in [6.07, 6.45) is 1.90. The lowest BCUT2D eigenvalue weighted by Crippen LogP contribution is -2.31. The van der Waals surface area contributed by atoms with Crippen LogP contribution < -0.4 is 15.4 Å². The van der Waals surface area contributed by atoms with Gasteiger partial charge in [0.2, 0.25) is 0 Å². The van der Waals surface area contributed by atoms with Crippen molar-refractivity contribution in [2.45, 2.75) is 25.8 Å². The van der Waals surface area contributed by atoms with Crippen molar-refractivity contribution >= 4 is 18.3 Å². The number of nitrogens with one attached hydrogen (secondary N) is 2. The number of benzene rings is 1. The zero-order valence-corrected chi connectivity index (χ0v) is 15.7. The normalized spacial score (nSPS) is 14.5. The van der Waals surface area contributed by atoms with E-state index in [0.717, 1.165) is 43.8 Å². The largest absolute Gasteiger partial charge is 0.492 e. The summed E-state index contributed by atoms with van der Waals surface area (Å²) in [6, 6.07) is 3.54. The van der Waals surface area contributed by atoms with Crippen molar-refractivity contribution in [2.75, 3.05) is 26.2 Å². The summed E-state index contributed by atoms with van der Waals surface area (Å²) in [4.78, 5) is 12.3. The molecule has 0 aliphatic carbocycles. The van der Waals surface area contributed by atoms with Crippen molar-refractivity contribution in [2.24, 2.45) is 0 Å². The first-order valence-electron chi connectivity index (χ1n) is 8.55. The van der Waals surface area contributed by atoms with Crippen LogP contribution in [-0.2, 0) is 0 Å². The van der Waals surface area contributed by atoms with Crippen LogP contribution in [0.1, 0.15) is 35.1 Å². The molecule has 0 bridgehead atoms. The van der Waals surface area contributed by atoms with E-state index in [1.165, 1.54) is 6.07 Å². The van der Waals surface area contributed by atoms with E-state index in [1.807, 2.05) is 11.6 Å². The first kappa shape index (κ1) is 21.0. The SMILES string of the molecule is Cc1c(C(=O)NCCOc2ccc(F)c(F)c2)nnn1C1CCNCC1.Cl. The summed E-state index contributed by atoms with van der Waals surface area (Å²) >= 11 is 0. The third-order valence-electron chi connectivity index (χ3n) is 4.34. The maximum atomic E-state index is 13.1. The quantitative estimate of drug-likeness (QED) is 0.724. The van der Waals surface area contributed by atoms with Crippen LogP contribution in [0.3, 0.4) is 0 Å². The van der Waals surface area contributed by atoms with Gasteiger partial charge in [-0.2, -0.15) is 0 Å². The fraction of sp³-hybridized carbons (Fsp3) is 0.471. The molecule has 27 heavy (non-hydrogen) atoms. The Bertz CT molecular complexity index is 781. The lowest BCUT2D eigenvalue weighted by atomic mass is 10.1. The number of ether oxygens (including phenoxy) is 1. The van der Waals surface area contributed by atoms with Crippen LogP contribution in [0.25, 0.3) is 0 Å². The summed E-state index contributed by atoms with van der Waals surface area (Å²) in [5.74, 6) is -2.04. The number of hydrogen-bond donors (Lipinski definition) is 2. The van der Waals surface area contributed by atoms with E-state index in [4.69, 9.17) is 4.74 Å². The monoisotopic (exact) mass is 401 g/mol. The van der Waals surface area contributed by atoms with Gasteiger partial charge in [0.25, 0.3) is 5.91 Å². The van der Waals surface area contributed by atoms with Crippen molar-refractivity contribution in [3.63, 3.8) is 0 Å². The molecule has 0 unspecified atom stereocenters. The zero-order valence-electron chi connectivity index (χ0n) is 14.9. The summed E-state index contributed by atoms with van der Waals surface area (Å²) in [5, 5.41) is 14.1. The van der Waals surface area contributed by atoms with E-state index in [9.17, 15) is 13.6 Å². The number of halogens is 3. The Balaban J connectivity index is 0.00000261. The van der Waals surface area contributed by atoms with Crippen LogP contribution in [0.5, 0.6) is 5.75 Å². The van der Waals surface area contributed by atoms with Gasteiger partial charge in [0.1, 0.15) is 12.4 Å². The highest BCUT2D eigenvalue weighted by molar-refractivity contribution is 5.93. The predicted octanol–water partition coefficient (Wildman–Crippen LogP) is 2.02. The second-order valence-corrected chi connectivity index (χ2v) is 6.13. The average molecular weight is 402 g/mol. The standard InChI is InChI=1S/C17H21F2N5O2.ClH/c1-11-16(22-23-24(11)12-4-6-20-7-5-12)17(25)21-8-9-26-13-2-3-14(18)15(19)10-13;/h2-3,10,12,20H,4-9H2,1H3,(H,21,25);1H. The van der Waals surface area contributed by atoms with Crippen molar-refractivity contribution in [1.29, 1.82) is 0 Å². The van der Waals surface area contributed by atoms with Gasteiger partial charge < -0.3 is 15.4 Å². The van der Waals surface area contributed by atoms with E-state index in [0.29, 0.717) is 0 Å². The maximum Gasteiger partial charge on any atom is 0.273 e. The number of carbonyl (C=O) groups excluding carboxylic acids is 1. The molecule has 3 rings (SSSR count). The van der Waals surface area contributed by atoms with Gasteiger partial charge in [-0.1, -0.05) is 5.21 Å². The summed E-state index contributed by atoms with van der Waals surface area (Å²) in [6.45, 7) is 4.00.